The van der Waals surface area contributed by atoms with Gasteiger partial charge in [0.15, 0.2) is 5.16 Å². The normalized spacial score (nSPS) is 12.3. The van der Waals surface area contributed by atoms with Crippen LogP contribution < -0.4 is 5.32 Å². The molecule has 1 heterocycles. The van der Waals surface area contributed by atoms with E-state index in [1.54, 1.807) is 0 Å². The summed E-state index contributed by atoms with van der Waals surface area (Å²) < 4.78 is 0. The molecule has 1 unspecified atom stereocenters. The van der Waals surface area contributed by atoms with Gasteiger partial charge < -0.3 is 10.3 Å². The molecule has 0 radical (unpaired) electrons. The first-order chi connectivity index (χ1) is 12.7. The summed E-state index contributed by atoms with van der Waals surface area (Å²) in [5.74, 6) is 0.327. The van der Waals surface area contributed by atoms with Crippen LogP contribution in [0.15, 0.2) is 71.9 Å². The van der Waals surface area contributed by atoms with Crippen molar-refractivity contribution in [3.63, 3.8) is 0 Å². The van der Waals surface area contributed by atoms with Gasteiger partial charge in [0.2, 0.25) is 5.91 Å². The zero-order valence-electron chi connectivity index (χ0n) is 14.4. The molecular formula is C21H19N3OS. The van der Waals surface area contributed by atoms with Crippen LogP contribution in [0, 0.1) is 0 Å². The highest BCUT2D eigenvalue weighted by Gasteiger charge is 2.12. The van der Waals surface area contributed by atoms with E-state index in [0.29, 0.717) is 5.75 Å². The van der Waals surface area contributed by atoms with Crippen molar-refractivity contribution in [3.8, 4) is 0 Å². The molecule has 4 nitrogen and oxygen atoms in total. The van der Waals surface area contributed by atoms with Gasteiger partial charge in [0.05, 0.1) is 22.8 Å². The van der Waals surface area contributed by atoms with Crippen LogP contribution in [0.4, 0.5) is 0 Å². The number of thioether (sulfide) groups is 1. The molecule has 3 aromatic carbocycles. The lowest BCUT2D eigenvalue weighted by atomic mass is 10.0. The Morgan fingerprint density at radius 2 is 1.85 bits per heavy atom. The van der Waals surface area contributed by atoms with E-state index in [-0.39, 0.29) is 11.9 Å². The lowest BCUT2D eigenvalue weighted by Crippen LogP contribution is -2.28. The van der Waals surface area contributed by atoms with E-state index in [0.717, 1.165) is 21.8 Å². The quantitative estimate of drug-likeness (QED) is 0.507. The molecule has 2 N–H and O–H groups in total. The number of rotatable bonds is 5. The molecular weight excluding hydrogens is 342 g/mol. The van der Waals surface area contributed by atoms with E-state index in [1.165, 1.54) is 22.5 Å². The smallest absolute Gasteiger partial charge is 0.230 e. The van der Waals surface area contributed by atoms with Crippen LogP contribution in [0.3, 0.4) is 0 Å². The molecule has 1 aromatic heterocycles. The van der Waals surface area contributed by atoms with Crippen molar-refractivity contribution in [2.24, 2.45) is 0 Å². The number of H-pyrrole nitrogens is 1. The molecule has 0 saturated carbocycles. The summed E-state index contributed by atoms with van der Waals surface area (Å²) >= 11 is 1.42. The van der Waals surface area contributed by atoms with Crippen molar-refractivity contribution in [1.29, 1.82) is 0 Å². The number of nitrogens with one attached hydrogen (secondary N) is 2. The first kappa shape index (κ1) is 16.7. The second kappa shape index (κ2) is 7.22. The number of aromatic nitrogens is 2. The third-order valence-electron chi connectivity index (χ3n) is 4.36. The largest absolute Gasteiger partial charge is 0.349 e. The number of nitrogens with zero attached hydrogens (tertiary/aromatic N) is 1. The van der Waals surface area contributed by atoms with Crippen molar-refractivity contribution in [2.75, 3.05) is 5.75 Å². The second-order valence-corrected chi connectivity index (χ2v) is 7.21. The van der Waals surface area contributed by atoms with Gasteiger partial charge in [0.1, 0.15) is 0 Å². The van der Waals surface area contributed by atoms with Gasteiger partial charge in [-0.25, -0.2) is 4.98 Å². The van der Waals surface area contributed by atoms with Crippen LogP contribution in [0.5, 0.6) is 0 Å². The molecule has 1 amide bonds. The van der Waals surface area contributed by atoms with Crippen LogP contribution in [-0.4, -0.2) is 21.6 Å². The number of hydrogen-bond donors (Lipinski definition) is 2. The highest BCUT2D eigenvalue weighted by atomic mass is 32.2. The summed E-state index contributed by atoms with van der Waals surface area (Å²) in [6.07, 6.45) is 0. The fourth-order valence-corrected chi connectivity index (χ4v) is 3.67. The summed E-state index contributed by atoms with van der Waals surface area (Å²) in [4.78, 5) is 20.0. The molecule has 26 heavy (non-hydrogen) atoms. The summed E-state index contributed by atoms with van der Waals surface area (Å²) in [7, 11) is 0. The van der Waals surface area contributed by atoms with Gasteiger partial charge in [-0.1, -0.05) is 60.3 Å². The number of carbonyl (C=O) groups excluding carboxylic acids is 1. The zero-order chi connectivity index (χ0) is 17.9. The number of imidazole rings is 1. The number of amides is 1. The number of benzene rings is 3. The second-order valence-electron chi connectivity index (χ2n) is 6.24. The minimum atomic E-state index is -0.0385. The third-order valence-corrected chi connectivity index (χ3v) is 5.23. The molecule has 0 fully saturated rings. The Labute approximate surface area is 156 Å². The highest BCUT2D eigenvalue weighted by Crippen LogP contribution is 2.22. The Morgan fingerprint density at radius 1 is 1.08 bits per heavy atom. The van der Waals surface area contributed by atoms with Crippen LogP contribution in [-0.2, 0) is 4.79 Å². The molecule has 0 aliphatic carbocycles. The van der Waals surface area contributed by atoms with Crippen LogP contribution in [0.1, 0.15) is 18.5 Å². The summed E-state index contributed by atoms with van der Waals surface area (Å²) in [6, 6.07) is 22.3. The molecule has 0 aliphatic rings. The van der Waals surface area contributed by atoms with E-state index in [2.05, 4.69) is 45.6 Å². The minimum Gasteiger partial charge on any atom is -0.349 e. The van der Waals surface area contributed by atoms with Crippen molar-refractivity contribution < 1.29 is 4.79 Å². The van der Waals surface area contributed by atoms with Crippen molar-refractivity contribution >= 4 is 39.5 Å². The molecule has 4 rings (SSSR count). The molecule has 4 aromatic rings. The van der Waals surface area contributed by atoms with E-state index < -0.39 is 0 Å². The molecule has 0 spiro atoms. The lowest BCUT2D eigenvalue weighted by molar-refractivity contribution is -0.119. The topological polar surface area (TPSA) is 57.8 Å². The standard InChI is InChI=1S/C21H19N3OS/c1-14(16-11-10-15-6-2-3-7-17(15)12-16)22-20(25)13-26-21-23-18-8-4-5-9-19(18)24-21/h2-12,14H,13H2,1H3,(H,22,25)(H,23,24). The fourth-order valence-electron chi connectivity index (χ4n) is 2.98. The third kappa shape index (κ3) is 3.58. The predicted octanol–water partition coefficient (Wildman–Crippen LogP) is 4.69. The number of hydrogen-bond acceptors (Lipinski definition) is 3. The van der Waals surface area contributed by atoms with Gasteiger partial charge >= 0.3 is 0 Å². The molecule has 0 saturated heterocycles. The van der Waals surface area contributed by atoms with Gasteiger partial charge in [-0.15, -0.1) is 0 Å². The predicted molar refractivity (Wildman–Crippen MR) is 107 cm³/mol. The monoisotopic (exact) mass is 361 g/mol. The van der Waals surface area contributed by atoms with E-state index in [1.807, 2.05) is 43.3 Å². The van der Waals surface area contributed by atoms with Crippen LogP contribution >= 0.6 is 11.8 Å². The summed E-state index contributed by atoms with van der Waals surface area (Å²) in [6.45, 7) is 2.01. The SMILES string of the molecule is CC(NC(=O)CSc1nc2ccccc2[nH]1)c1ccc2ccccc2c1. The van der Waals surface area contributed by atoms with Gasteiger partial charge in [-0.05, 0) is 41.5 Å². The van der Waals surface area contributed by atoms with Gasteiger partial charge in [-0.3, -0.25) is 4.79 Å². The van der Waals surface area contributed by atoms with Crippen LogP contribution in [0.25, 0.3) is 21.8 Å². The number of carbonyl (C=O) groups is 1. The first-order valence-electron chi connectivity index (χ1n) is 8.55. The van der Waals surface area contributed by atoms with Crippen molar-refractivity contribution in [1.82, 2.24) is 15.3 Å². The maximum atomic E-state index is 12.3. The van der Waals surface area contributed by atoms with E-state index in [4.69, 9.17) is 0 Å². The molecule has 1 atom stereocenters. The van der Waals surface area contributed by atoms with E-state index in [9.17, 15) is 4.79 Å². The van der Waals surface area contributed by atoms with E-state index >= 15 is 0 Å². The average Bonchev–Trinajstić information content (AvgIpc) is 3.09. The Kier molecular flexibility index (Phi) is 4.63. The maximum absolute atomic E-state index is 12.3. The first-order valence-corrected chi connectivity index (χ1v) is 9.53. The van der Waals surface area contributed by atoms with Crippen molar-refractivity contribution in [2.45, 2.75) is 18.1 Å². The lowest BCUT2D eigenvalue weighted by Gasteiger charge is -2.14. The van der Waals surface area contributed by atoms with Crippen LogP contribution in [0.2, 0.25) is 0 Å². The molecule has 5 heteroatoms. The average molecular weight is 361 g/mol. The van der Waals surface area contributed by atoms with Gasteiger partial charge in [0.25, 0.3) is 0 Å². The number of aromatic amines is 1. The van der Waals surface area contributed by atoms with Gasteiger partial charge in [-0.2, -0.15) is 0 Å². The number of fused-ring (bicyclic) bond motifs is 2. The Balaban J connectivity index is 1.38. The summed E-state index contributed by atoms with van der Waals surface area (Å²) in [5, 5.41) is 6.21. The molecule has 0 bridgehead atoms. The minimum absolute atomic E-state index is 0.00360. The zero-order valence-corrected chi connectivity index (χ0v) is 15.2. The van der Waals surface area contributed by atoms with Crippen molar-refractivity contribution in [3.05, 3.63) is 72.3 Å². The highest BCUT2D eigenvalue weighted by molar-refractivity contribution is 7.99. The Morgan fingerprint density at radius 3 is 2.69 bits per heavy atom. The van der Waals surface area contributed by atoms with Gasteiger partial charge in [0, 0.05) is 0 Å². The Hall–Kier alpha value is -2.79. The fraction of sp³-hybridized carbons (Fsp3) is 0.143. The molecule has 0 aliphatic heterocycles. The number of para-hydroxylation sites is 2. The maximum Gasteiger partial charge on any atom is 0.230 e. The Bertz CT molecular complexity index is 1040. The molecule has 130 valence electrons. The summed E-state index contributed by atoms with van der Waals surface area (Å²) in [5.41, 5.74) is 3.01.